The number of hydrogen-bond donors (Lipinski definition) is 1. The summed E-state index contributed by atoms with van der Waals surface area (Å²) in [6, 6.07) is 11.3. The summed E-state index contributed by atoms with van der Waals surface area (Å²) in [4.78, 5) is 29.6. The number of rotatable bonds is 7. The van der Waals surface area contributed by atoms with Gasteiger partial charge in [0.1, 0.15) is 0 Å². The summed E-state index contributed by atoms with van der Waals surface area (Å²) < 4.78 is 16.1. The molecule has 1 N–H and O–H groups in total. The second-order valence-corrected chi connectivity index (χ2v) is 8.02. The Labute approximate surface area is 188 Å². The van der Waals surface area contributed by atoms with Crippen LogP contribution < -0.4 is 29.3 Å². The van der Waals surface area contributed by atoms with Gasteiger partial charge in [0.2, 0.25) is 17.6 Å². The van der Waals surface area contributed by atoms with Gasteiger partial charge in [0.25, 0.3) is 0 Å². The minimum absolute atomic E-state index is 0.120. The highest BCUT2D eigenvalue weighted by Crippen LogP contribution is 2.42. The van der Waals surface area contributed by atoms with Crippen molar-refractivity contribution >= 4 is 28.9 Å². The summed E-state index contributed by atoms with van der Waals surface area (Å²) in [6.45, 7) is 2.37. The van der Waals surface area contributed by atoms with Crippen molar-refractivity contribution in [2.45, 2.75) is 19.3 Å². The zero-order valence-electron chi connectivity index (χ0n) is 18.7. The Morgan fingerprint density at radius 2 is 1.66 bits per heavy atom. The Hall–Kier alpha value is -3.42. The highest BCUT2D eigenvalue weighted by atomic mass is 16.5. The number of carbonyl (C=O) groups is 2. The Bertz CT molecular complexity index is 978. The molecular formula is C24H29N3O5. The minimum atomic E-state index is -0.447. The van der Waals surface area contributed by atoms with Crippen molar-refractivity contribution in [3.63, 3.8) is 0 Å². The van der Waals surface area contributed by atoms with E-state index in [0.29, 0.717) is 22.9 Å². The van der Waals surface area contributed by atoms with Crippen LogP contribution in [0.1, 0.15) is 19.3 Å². The summed E-state index contributed by atoms with van der Waals surface area (Å²) in [5.74, 6) is 0.647. The standard InChI is InChI=1S/C24H29N3O5/c1-30-20-13-19(14-21(31-2)23(20)32-3)27-15-16(11-22(27)28)24(29)25-17-7-6-8-18(12-17)26-9-4-5-10-26/h6-8,12-14,16H,4-5,9-11,15H2,1-3H3,(H,25,29). The number of nitrogens with zero attached hydrogens (tertiary/aromatic N) is 2. The maximum Gasteiger partial charge on any atom is 0.229 e. The lowest BCUT2D eigenvalue weighted by atomic mass is 10.1. The highest BCUT2D eigenvalue weighted by Gasteiger charge is 2.36. The fourth-order valence-electron chi connectivity index (χ4n) is 4.36. The summed E-state index contributed by atoms with van der Waals surface area (Å²) in [6.07, 6.45) is 2.53. The van der Waals surface area contributed by atoms with Crippen LogP contribution in [0.15, 0.2) is 36.4 Å². The number of benzene rings is 2. The maximum atomic E-state index is 12.9. The van der Waals surface area contributed by atoms with Gasteiger partial charge in [-0.25, -0.2) is 0 Å². The van der Waals surface area contributed by atoms with Crippen molar-refractivity contribution in [2.75, 3.05) is 56.1 Å². The number of ether oxygens (including phenoxy) is 3. The third-order valence-corrected chi connectivity index (χ3v) is 6.04. The summed E-state index contributed by atoms with van der Waals surface area (Å²) in [7, 11) is 4.58. The molecule has 8 heteroatoms. The topological polar surface area (TPSA) is 80.3 Å². The van der Waals surface area contributed by atoms with E-state index < -0.39 is 5.92 Å². The molecule has 2 aromatic carbocycles. The van der Waals surface area contributed by atoms with Crippen LogP contribution in [-0.4, -0.2) is 52.8 Å². The largest absolute Gasteiger partial charge is 0.493 e. The molecule has 1 atom stereocenters. The molecule has 2 heterocycles. The lowest BCUT2D eigenvalue weighted by Gasteiger charge is -2.21. The molecule has 0 radical (unpaired) electrons. The zero-order valence-corrected chi connectivity index (χ0v) is 18.7. The Morgan fingerprint density at radius 3 is 2.28 bits per heavy atom. The molecular weight excluding hydrogens is 410 g/mol. The quantitative estimate of drug-likeness (QED) is 0.713. The smallest absolute Gasteiger partial charge is 0.229 e. The lowest BCUT2D eigenvalue weighted by Crippen LogP contribution is -2.28. The van der Waals surface area contributed by atoms with Gasteiger partial charge in [-0.3, -0.25) is 9.59 Å². The van der Waals surface area contributed by atoms with Crippen molar-refractivity contribution in [1.29, 1.82) is 0 Å². The third-order valence-electron chi connectivity index (χ3n) is 6.04. The molecule has 2 fully saturated rings. The molecule has 0 aliphatic carbocycles. The molecule has 2 aromatic rings. The van der Waals surface area contributed by atoms with E-state index >= 15 is 0 Å². The first-order chi connectivity index (χ1) is 15.5. The SMILES string of the molecule is COc1cc(N2CC(C(=O)Nc3cccc(N4CCCC4)c3)CC2=O)cc(OC)c1OC. The molecule has 8 nitrogen and oxygen atoms in total. The van der Waals surface area contributed by atoms with Gasteiger partial charge in [-0.2, -0.15) is 0 Å². The van der Waals surface area contributed by atoms with Gasteiger partial charge in [0.05, 0.1) is 32.9 Å². The van der Waals surface area contributed by atoms with Crippen LogP contribution in [0, 0.1) is 5.92 Å². The van der Waals surface area contributed by atoms with Crippen LogP contribution in [0.2, 0.25) is 0 Å². The second-order valence-electron chi connectivity index (χ2n) is 8.02. The summed E-state index contributed by atoms with van der Waals surface area (Å²) >= 11 is 0. The predicted molar refractivity (Wildman–Crippen MR) is 123 cm³/mol. The van der Waals surface area contributed by atoms with E-state index in [1.807, 2.05) is 18.2 Å². The van der Waals surface area contributed by atoms with Crippen molar-refractivity contribution in [1.82, 2.24) is 0 Å². The Kier molecular flexibility index (Phi) is 6.39. The Morgan fingerprint density at radius 1 is 0.969 bits per heavy atom. The van der Waals surface area contributed by atoms with Crippen LogP contribution in [0.25, 0.3) is 0 Å². The first-order valence-corrected chi connectivity index (χ1v) is 10.8. The molecule has 2 amide bonds. The first-order valence-electron chi connectivity index (χ1n) is 10.8. The molecule has 0 aromatic heterocycles. The van der Waals surface area contributed by atoms with Crippen molar-refractivity contribution in [3.8, 4) is 17.2 Å². The molecule has 0 spiro atoms. The number of amides is 2. The number of anilines is 3. The molecule has 170 valence electrons. The average molecular weight is 440 g/mol. The van der Waals surface area contributed by atoms with Crippen LogP contribution in [0.4, 0.5) is 17.1 Å². The Balaban J connectivity index is 1.48. The second kappa shape index (κ2) is 9.38. The van der Waals surface area contributed by atoms with E-state index in [0.717, 1.165) is 24.5 Å². The van der Waals surface area contributed by atoms with Gasteiger partial charge in [-0.15, -0.1) is 0 Å². The van der Waals surface area contributed by atoms with Crippen molar-refractivity contribution in [2.24, 2.45) is 5.92 Å². The maximum absolute atomic E-state index is 12.9. The number of nitrogens with one attached hydrogen (secondary N) is 1. The van der Waals surface area contributed by atoms with Crippen LogP contribution in [-0.2, 0) is 9.59 Å². The van der Waals surface area contributed by atoms with Crippen LogP contribution in [0.5, 0.6) is 17.2 Å². The number of methoxy groups -OCH3 is 3. The monoisotopic (exact) mass is 439 g/mol. The zero-order chi connectivity index (χ0) is 22.7. The van der Waals surface area contributed by atoms with Crippen LogP contribution in [0.3, 0.4) is 0 Å². The molecule has 0 saturated carbocycles. The van der Waals surface area contributed by atoms with Crippen LogP contribution >= 0.6 is 0 Å². The fraction of sp³-hybridized carbons (Fsp3) is 0.417. The van der Waals surface area contributed by atoms with Crippen molar-refractivity contribution < 1.29 is 23.8 Å². The van der Waals surface area contributed by atoms with E-state index in [-0.39, 0.29) is 24.8 Å². The molecule has 2 aliphatic rings. The van der Waals surface area contributed by atoms with Gasteiger partial charge in [-0.05, 0) is 31.0 Å². The molecule has 0 bridgehead atoms. The molecule has 2 saturated heterocycles. The van der Waals surface area contributed by atoms with E-state index in [9.17, 15) is 9.59 Å². The van der Waals surface area contributed by atoms with Gasteiger partial charge in [-0.1, -0.05) is 6.07 Å². The fourth-order valence-corrected chi connectivity index (χ4v) is 4.36. The molecule has 2 aliphatic heterocycles. The molecule has 32 heavy (non-hydrogen) atoms. The highest BCUT2D eigenvalue weighted by molar-refractivity contribution is 6.04. The summed E-state index contributed by atoms with van der Waals surface area (Å²) in [5.41, 5.74) is 2.47. The normalized spacial score (nSPS) is 18.1. The van der Waals surface area contributed by atoms with E-state index in [2.05, 4.69) is 16.3 Å². The summed E-state index contributed by atoms with van der Waals surface area (Å²) in [5, 5.41) is 2.99. The van der Waals surface area contributed by atoms with Gasteiger partial charge in [0.15, 0.2) is 11.5 Å². The third kappa shape index (κ3) is 4.30. The predicted octanol–water partition coefficient (Wildman–Crippen LogP) is 3.30. The minimum Gasteiger partial charge on any atom is -0.493 e. The lowest BCUT2D eigenvalue weighted by molar-refractivity contribution is -0.122. The van der Waals surface area contributed by atoms with E-state index in [1.54, 1.807) is 17.0 Å². The van der Waals surface area contributed by atoms with Crippen molar-refractivity contribution in [3.05, 3.63) is 36.4 Å². The van der Waals surface area contributed by atoms with E-state index in [4.69, 9.17) is 14.2 Å². The van der Waals surface area contributed by atoms with Gasteiger partial charge in [0, 0.05) is 49.6 Å². The molecule has 4 rings (SSSR count). The van der Waals surface area contributed by atoms with E-state index in [1.165, 1.54) is 34.2 Å². The number of hydrogen-bond acceptors (Lipinski definition) is 6. The average Bonchev–Trinajstić information content (AvgIpc) is 3.48. The molecule has 1 unspecified atom stereocenters. The first kappa shape index (κ1) is 21.8. The van der Waals surface area contributed by atoms with Gasteiger partial charge < -0.3 is 29.3 Å². The van der Waals surface area contributed by atoms with Gasteiger partial charge >= 0.3 is 0 Å². The number of carbonyl (C=O) groups excluding carboxylic acids is 2.